The van der Waals surface area contributed by atoms with Crippen molar-refractivity contribution in [2.24, 2.45) is 0 Å². The lowest BCUT2D eigenvalue weighted by molar-refractivity contribution is 0.0797. The Labute approximate surface area is 96.2 Å². The van der Waals surface area contributed by atoms with Crippen molar-refractivity contribution < 1.29 is 4.79 Å². The highest BCUT2D eigenvalue weighted by Crippen LogP contribution is 2.21. The zero-order chi connectivity index (χ0) is 10.6. The summed E-state index contributed by atoms with van der Waals surface area (Å²) in [5.41, 5.74) is 0.750. The number of carbonyl (C=O) groups excluding carboxylic acids is 1. The summed E-state index contributed by atoms with van der Waals surface area (Å²) in [4.78, 5) is 13.5. The van der Waals surface area contributed by atoms with Crippen molar-refractivity contribution in [2.75, 3.05) is 27.2 Å². The van der Waals surface area contributed by atoms with E-state index in [-0.39, 0.29) is 5.91 Å². The summed E-state index contributed by atoms with van der Waals surface area (Å²) in [6.45, 7) is 1.54. The van der Waals surface area contributed by atoms with Gasteiger partial charge < -0.3 is 10.2 Å². The molecule has 1 heterocycles. The first-order valence-corrected chi connectivity index (χ1v) is 5.96. The van der Waals surface area contributed by atoms with Crippen molar-refractivity contribution in [3.05, 3.63) is 20.8 Å². The molecule has 0 aliphatic heterocycles. The van der Waals surface area contributed by atoms with Crippen molar-refractivity contribution in [3.8, 4) is 0 Å². The molecule has 0 atom stereocenters. The Bertz CT molecular complexity index is 314. The van der Waals surface area contributed by atoms with Crippen molar-refractivity contribution in [1.29, 1.82) is 0 Å². The van der Waals surface area contributed by atoms with Gasteiger partial charge in [0.2, 0.25) is 0 Å². The number of rotatable bonds is 4. The lowest BCUT2D eigenvalue weighted by Gasteiger charge is -2.15. The minimum atomic E-state index is 0.0715. The number of halogens is 1. The SMILES string of the molecule is CNCCN(C)C(=O)c1csc(Br)c1. The van der Waals surface area contributed by atoms with Gasteiger partial charge in [0.15, 0.2) is 0 Å². The van der Waals surface area contributed by atoms with Crippen LogP contribution >= 0.6 is 27.3 Å². The van der Waals surface area contributed by atoms with E-state index in [1.807, 2.05) is 25.5 Å². The van der Waals surface area contributed by atoms with Crippen LogP contribution in [0.25, 0.3) is 0 Å². The normalized spacial score (nSPS) is 10.2. The Morgan fingerprint density at radius 2 is 2.43 bits per heavy atom. The molecule has 0 bridgehead atoms. The van der Waals surface area contributed by atoms with Gasteiger partial charge in [0.25, 0.3) is 5.91 Å². The Kier molecular flexibility index (Phi) is 4.57. The van der Waals surface area contributed by atoms with Crippen molar-refractivity contribution in [1.82, 2.24) is 10.2 Å². The number of nitrogens with one attached hydrogen (secondary N) is 1. The number of nitrogens with zero attached hydrogens (tertiary/aromatic N) is 1. The third-order valence-corrected chi connectivity index (χ3v) is 3.36. The van der Waals surface area contributed by atoms with Crippen LogP contribution in [0.15, 0.2) is 15.2 Å². The fraction of sp³-hybridized carbons (Fsp3) is 0.444. The van der Waals surface area contributed by atoms with Gasteiger partial charge in [-0.15, -0.1) is 11.3 Å². The Balaban J connectivity index is 2.56. The van der Waals surface area contributed by atoms with Gasteiger partial charge in [-0.05, 0) is 29.0 Å². The monoisotopic (exact) mass is 276 g/mol. The Morgan fingerprint density at radius 3 is 2.93 bits per heavy atom. The van der Waals surface area contributed by atoms with E-state index >= 15 is 0 Å². The molecular weight excluding hydrogens is 264 g/mol. The average molecular weight is 277 g/mol. The standard InChI is InChI=1S/C9H13BrN2OS/c1-11-3-4-12(2)9(13)7-5-8(10)14-6-7/h5-6,11H,3-4H2,1-2H3. The number of carbonyl (C=O) groups is 1. The fourth-order valence-electron chi connectivity index (χ4n) is 1.02. The van der Waals surface area contributed by atoms with Crippen molar-refractivity contribution in [2.45, 2.75) is 0 Å². The molecule has 0 fully saturated rings. The van der Waals surface area contributed by atoms with Crippen LogP contribution in [0, 0.1) is 0 Å². The van der Waals surface area contributed by atoms with E-state index in [0.29, 0.717) is 0 Å². The van der Waals surface area contributed by atoms with Crippen LogP contribution in [-0.2, 0) is 0 Å². The number of thiophene rings is 1. The van der Waals surface area contributed by atoms with Gasteiger partial charge in [-0.3, -0.25) is 4.79 Å². The lowest BCUT2D eigenvalue weighted by Crippen LogP contribution is -2.32. The minimum Gasteiger partial charge on any atom is -0.340 e. The minimum absolute atomic E-state index is 0.0715. The molecule has 0 saturated carbocycles. The maximum Gasteiger partial charge on any atom is 0.254 e. The van der Waals surface area contributed by atoms with Gasteiger partial charge in [-0.2, -0.15) is 0 Å². The zero-order valence-electron chi connectivity index (χ0n) is 8.21. The molecule has 0 spiro atoms. The van der Waals surface area contributed by atoms with E-state index in [0.717, 1.165) is 22.4 Å². The molecule has 0 aromatic carbocycles. The van der Waals surface area contributed by atoms with E-state index in [2.05, 4.69) is 21.2 Å². The van der Waals surface area contributed by atoms with E-state index in [1.165, 1.54) is 11.3 Å². The molecule has 1 N–H and O–H groups in total. The van der Waals surface area contributed by atoms with Crippen LogP contribution in [0.1, 0.15) is 10.4 Å². The van der Waals surface area contributed by atoms with Crippen LogP contribution in [0.5, 0.6) is 0 Å². The van der Waals surface area contributed by atoms with Crippen LogP contribution in [0.2, 0.25) is 0 Å². The molecule has 1 aromatic rings. The maximum atomic E-state index is 11.7. The third kappa shape index (κ3) is 3.08. The molecule has 14 heavy (non-hydrogen) atoms. The van der Waals surface area contributed by atoms with Gasteiger partial charge >= 0.3 is 0 Å². The highest BCUT2D eigenvalue weighted by atomic mass is 79.9. The van der Waals surface area contributed by atoms with Crippen LogP contribution in [0.3, 0.4) is 0 Å². The molecule has 78 valence electrons. The first kappa shape index (κ1) is 11.7. The molecule has 1 aromatic heterocycles. The topological polar surface area (TPSA) is 32.3 Å². The summed E-state index contributed by atoms with van der Waals surface area (Å²) in [5, 5.41) is 4.87. The highest BCUT2D eigenvalue weighted by molar-refractivity contribution is 9.11. The lowest BCUT2D eigenvalue weighted by atomic mass is 10.3. The summed E-state index contributed by atoms with van der Waals surface area (Å²) in [6.07, 6.45) is 0. The molecule has 5 heteroatoms. The van der Waals surface area contributed by atoms with Gasteiger partial charge in [-0.25, -0.2) is 0 Å². The Hall–Kier alpha value is -0.390. The third-order valence-electron chi connectivity index (χ3n) is 1.86. The van der Waals surface area contributed by atoms with Crippen molar-refractivity contribution >= 4 is 33.2 Å². The average Bonchev–Trinajstić information content (AvgIpc) is 2.60. The first-order valence-electron chi connectivity index (χ1n) is 4.29. The van der Waals surface area contributed by atoms with Gasteiger partial charge in [0.1, 0.15) is 0 Å². The van der Waals surface area contributed by atoms with Gasteiger partial charge in [-0.1, -0.05) is 0 Å². The van der Waals surface area contributed by atoms with E-state index in [9.17, 15) is 4.79 Å². The number of amides is 1. The molecule has 0 aliphatic rings. The van der Waals surface area contributed by atoms with Crippen LogP contribution in [0.4, 0.5) is 0 Å². The number of likely N-dealkylation sites (N-methyl/N-ethyl adjacent to an activating group) is 2. The molecule has 0 saturated heterocycles. The highest BCUT2D eigenvalue weighted by Gasteiger charge is 2.12. The van der Waals surface area contributed by atoms with E-state index in [1.54, 1.807) is 4.90 Å². The number of hydrogen-bond acceptors (Lipinski definition) is 3. The second-order valence-electron chi connectivity index (χ2n) is 2.97. The van der Waals surface area contributed by atoms with E-state index < -0.39 is 0 Å². The van der Waals surface area contributed by atoms with Gasteiger partial charge in [0.05, 0.1) is 9.35 Å². The zero-order valence-corrected chi connectivity index (χ0v) is 10.6. The second-order valence-corrected chi connectivity index (χ2v) is 5.26. The molecule has 1 rings (SSSR count). The second kappa shape index (κ2) is 5.48. The summed E-state index contributed by atoms with van der Waals surface area (Å²) < 4.78 is 0.989. The summed E-state index contributed by atoms with van der Waals surface area (Å²) in [6, 6.07) is 1.85. The van der Waals surface area contributed by atoms with Gasteiger partial charge in [0, 0.05) is 25.5 Å². The fourth-order valence-corrected chi connectivity index (χ4v) is 2.15. The Morgan fingerprint density at radius 1 is 1.71 bits per heavy atom. The molecule has 3 nitrogen and oxygen atoms in total. The number of hydrogen-bond donors (Lipinski definition) is 1. The summed E-state index contributed by atoms with van der Waals surface area (Å²) in [5.74, 6) is 0.0715. The largest absolute Gasteiger partial charge is 0.340 e. The molecular formula is C9H13BrN2OS. The molecule has 0 radical (unpaired) electrons. The summed E-state index contributed by atoms with van der Waals surface area (Å²) >= 11 is 4.87. The van der Waals surface area contributed by atoms with E-state index in [4.69, 9.17) is 0 Å². The van der Waals surface area contributed by atoms with Crippen LogP contribution in [-0.4, -0.2) is 38.0 Å². The quantitative estimate of drug-likeness (QED) is 0.910. The molecule has 1 amide bonds. The molecule has 0 unspecified atom stereocenters. The first-order chi connectivity index (χ1) is 6.65. The molecule has 0 aliphatic carbocycles. The van der Waals surface area contributed by atoms with Crippen LogP contribution < -0.4 is 5.32 Å². The predicted octanol–water partition coefficient (Wildman–Crippen LogP) is 1.80. The predicted molar refractivity (Wildman–Crippen MR) is 62.9 cm³/mol. The summed E-state index contributed by atoms with van der Waals surface area (Å²) in [7, 11) is 3.69. The van der Waals surface area contributed by atoms with Crippen molar-refractivity contribution in [3.63, 3.8) is 0 Å². The smallest absolute Gasteiger partial charge is 0.254 e. The maximum absolute atomic E-state index is 11.7.